The molecule has 2 heterocycles. The smallest absolute Gasteiger partial charge is 0.226 e. The van der Waals surface area contributed by atoms with E-state index < -0.39 is 0 Å². The fourth-order valence-electron chi connectivity index (χ4n) is 3.23. The number of anilines is 1. The van der Waals surface area contributed by atoms with E-state index in [0.717, 1.165) is 41.9 Å². The molecule has 1 saturated carbocycles. The molecule has 0 bridgehead atoms. The molecule has 0 unspecified atom stereocenters. The minimum atomic E-state index is 0.865. The van der Waals surface area contributed by atoms with E-state index in [1.165, 1.54) is 24.8 Å². The van der Waals surface area contributed by atoms with E-state index in [9.17, 15) is 0 Å². The maximum atomic E-state index is 4.88. The van der Waals surface area contributed by atoms with Crippen molar-refractivity contribution in [2.45, 2.75) is 26.2 Å². The van der Waals surface area contributed by atoms with Crippen molar-refractivity contribution in [3.8, 4) is 11.3 Å². The molecular weight excluding hydrogens is 294 g/mol. The van der Waals surface area contributed by atoms with Gasteiger partial charge in [0.05, 0.1) is 11.4 Å². The van der Waals surface area contributed by atoms with Crippen LogP contribution >= 0.6 is 0 Å². The topological polar surface area (TPSA) is 29.0 Å². The van der Waals surface area contributed by atoms with Crippen molar-refractivity contribution in [2.75, 3.05) is 18.0 Å². The Bertz CT molecular complexity index is 681. The van der Waals surface area contributed by atoms with Crippen molar-refractivity contribution < 1.29 is 0 Å². The molecule has 1 saturated heterocycles. The Kier molecular flexibility index (Phi) is 4.50. The van der Waals surface area contributed by atoms with Crippen LogP contribution in [-0.4, -0.2) is 23.1 Å². The summed E-state index contributed by atoms with van der Waals surface area (Å²) in [6.07, 6.45) is 12.1. The van der Waals surface area contributed by atoms with E-state index in [1.807, 2.05) is 0 Å². The van der Waals surface area contributed by atoms with Crippen molar-refractivity contribution in [1.82, 2.24) is 9.97 Å². The molecule has 24 heavy (non-hydrogen) atoms. The Labute approximate surface area is 145 Å². The Hall–Kier alpha value is -1.90. The molecule has 0 N–H and O–H groups in total. The zero-order valence-corrected chi connectivity index (χ0v) is 14.1. The second-order valence-electron chi connectivity index (χ2n) is 6.53. The molecule has 1 aromatic carbocycles. The number of hydrogen-bond donors (Lipinski definition) is 0. The first-order valence-electron chi connectivity index (χ1n) is 8.73. The van der Waals surface area contributed by atoms with Crippen LogP contribution < -0.4 is 4.90 Å². The highest BCUT2D eigenvalue weighted by atomic mass is 15.3. The van der Waals surface area contributed by atoms with E-state index in [-0.39, 0.29) is 0 Å². The van der Waals surface area contributed by atoms with Gasteiger partial charge in [-0.1, -0.05) is 29.8 Å². The Morgan fingerprint density at radius 1 is 0.833 bits per heavy atom. The van der Waals surface area contributed by atoms with Crippen LogP contribution in [0.5, 0.6) is 0 Å². The van der Waals surface area contributed by atoms with Gasteiger partial charge >= 0.3 is 0 Å². The summed E-state index contributed by atoms with van der Waals surface area (Å²) < 4.78 is 0. The van der Waals surface area contributed by atoms with Gasteiger partial charge in [-0.25, -0.2) is 9.97 Å². The van der Waals surface area contributed by atoms with Gasteiger partial charge in [-0.05, 0) is 57.9 Å². The molecule has 3 heteroatoms. The SMILES string of the molecule is Cc1ccc(-c2cc([C]3[CH][CH][CH][CH]3)nc(N3CCCCC3)n2)cc1. The van der Waals surface area contributed by atoms with Crippen LogP contribution in [0.15, 0.2) is 30.3 Å². The van der Waals surface area contributed by atoms with Crippen LogP contribution in [0.1, 0.15) is 30.5 Å². The number of piperidine rings is 1. The van der Waals surface area contributed by atoms with Crippen LogP contribution in [0, 0.1) is 38.5 Å². The third kappa shape index (κ3) is 3.31. The maximum absolute atomic E-state index is 4.88. The molecule has 0 atom stereocenters. The number of rotatable bonds is 3. The van der Waals surface area contributed by atoms with E-state index in [4.69, 9.17) is 9.97 Å². The van der Waals surface area contributed by atoms with Crippen LogP contribution in [-0.2, 0) is 0 Å². The number of nitrogens with zero attached hydrogens (tertiary/aromatic N) is 3. The van der Waals surface area contributed by atoms with Crippen molar-refractivity contribution in [3.63, 3.8) is 0 Å². The molecule has 3 nitrogen and oxygen atoms in total. The third-order valence-electron chi connectivity index (χ3n) is 4.66. The summed E-state index contributed by atoms with van der Waals surface area (Å²) in [5.74, 6) is 2.02. The zero-order chi connectivity index (χ0) is 16.4. The average Bonchev–Trinajstić information content (AvgIpc) is 3.17. The maximum Gasteiger partial charge on any atom is 0.226 e. The van der Waals surface area contributed by atoms with Gasteiger partial charge < -0.3 is 4.90 Å². The van der Waals surface area contributed by atoms with Crippen LogP contribution in [0.2, 0.25) is 0 Å². The molecule has 0 amide bonds. The molecule has 1 aliphatic heterocycles. The van der Waals surface area contributed by atoms with E-state index in [2.05, 4.69) is 67.8 Å². The molecule has 1 aromatic heterocycles. The summed E-state index contributed by atoms with van der Waals surface area (Å²) in [6.45, 7) is 4.22. The summed E-state index contributed by atoms with van der Waals surface area (Å²) in [6, 6.07) is 10.7. The van der Waals surface area contributed by atoms with Gasteiger partial charge in [0.2, 0.25) is 5.95 Å². The largest absolute Gasteiger partial charge is 0.341 e. The average molecular weight is 316 g/mol. The summed E-state index contributed by atoms with van der Waals surface area (Å²) in [7, 11) is 0. The zero-order valence-electron chi connectivity index (χ0n) is 14.1. The summed E-state index contributed by atoms with van der Waals surface area (Å²) in [4.78, 5) is 12.1. The van der Waals surface area contributed by atoms with Gasteiger partial charge in [-0.3, -0.25) is 0 Å². The predicted octanol–water partition coefficient (Wildman–Crippen LogP) is 4.20. The standard InChI is InChI=1S/C21H22N3/c1-16-9-11-18(12-10-16)20-15-19(17-7-3-4-8-17)22-21(23-20)24-13-5-2-6-14-24/h3-4,7-12,15H,2,5-6,13-14H2,1H3. The van der Waals surface area contributed by atoms with E-state index >= 15 is 0 Å². The Morgan fingerprint density at radius 2 is 1.50 bits per heavy atom. The summed E-state index contributed by atoms with van der Waals surface area (Å²) in [5, 5.41) is 0. The normalized spacial score (nSPS) is 19.0. The lowest BCUT2D eigenvalue weighted by Crippen LogP contribution is -2.31. The van der Waals surface area contributed by atoms with Gasteiger partial charge in [0.1, 0.15) is 0 Å². The molecule has 2 aliphatic rings. The number of aryl methyl sites for hydroxylation is 1. The molecule has 5 radical (unpaired) electrons. The summed E-state index contributed by atoms with van der Waals surface area (Å²) >= 11 is 0. The minimum absolute atomic E-state index is 0.865. The summed E-state index contributed by atoms with van der Waals surface area (Å²) in [5.41, 5.74) is 4.42. The minimum Gasteiger partial charge on any atom is -0.341 e. The first kappa shape index (κ1) is 15.6. The van der Waals surface area contributed by atoms with Gasteiger partial charge in [-0.15, -0.1) is 0 Å². The lowest BCUT2D eigenvalue weighted by Gasteiger charge is -2.27. The molecule has 0 spiro atoms. The van der Waals surface area contributed by atoms with E-state index in [1.54, 1.807) is 0 Å². The molecule has 121 valence electrons. The van der Waals surface area contributed by atoms with Crippen LogP contribution in [0.25, 0.3) is 11.3 Å². The number of aromatic nitrogens is 2. The first-order chi connectivity index (χ1) is 11.8. The van der Waals surface area contributed by atoms with Gasteiger partial charge in [-0.2, -0.15) is 0 Å². The highest BCUT2D eigenvalue weighted by Crippen LogP contribution is 2.32. The highest BCUT2D eigenvalue weighted by molar-refractivity contribution is 5.64. The lowest BCUT2D eigenvalue weighted by atomic mass is 10.0. The molecule has 2 aromatic rings. The van der Waals surface area contributed by atoms with Crippen molar-refractivity contribution in [1.29, 1.82) is 0 Å². The van der Waals surface area contributed by atoms with Crippen molar-refractivity contribution in [3.05, 3.63) is 73.2 Å². The van der Waals surface area contributed by atoms with Gasteiger partial charge in [0.15, 0.2) is 0 Å². The lowest BCUT2D eigenvalue weighted by molar-refractivity contribution is 0.568. The predicted molar refractivity (Wildman–Crippen MR) is 97.8 cm³/mol. The Balaban J connectivity index is 1.73. The quantitative estimate of drug-likeness (QED) is 0.850. The first-order valence-corrected chi connectivity index (χ1v) is 8.73. The number of hydrogen-bond acceptors (Lipinski definition) is 3. The van der Waals surface area contributed by atoms with Gasteiger partial charge in [0, 0.05) is 24.6 Å². The highest BCUT2D eigenvalue weighted by Gasteiger charge is 2.23. The van der Waals surface area contributed by atoms with E-state index in [0.29, 0.717) is 0 Å². The number of benzene rings is 1. The third-order valence-corrected chi connectivity index (χ3v) is 4.66. The molecule has 1 aliphatic carbocycles. The van der Waals surface area contributed by atoms with Crippen molar-refractivity contribution in [2.24, 2.45) is 0 Å². The second kappa shape index (κ2) is 6.92. The molecule has 4 rings (SSSR count). The van der Waals surface area contributed by atoms with Gasteiger partial charge in [0.25, 0.3) is 0 Å². The van der Waals surface area contributed by atoms with Crippen molar-refractivity contribution >= 4 is 5.95 Å². The Morgan fingerprint density at radius 3 is 2.21 bits per heavy atom. The molecular formula is C21H22N3. The fraction of sp³-hybridized carbons (Fsp3) is 0.286. The molecule has 2 fully saturated rings. The monoisotopic (exact) mass is 316 g/mol. The fourth-order valence-corrected chi connectivity index (χ4v) is 3.23. The van der Waals surface area contributed by atoms with Crippen LogP contribution in [0.4, 0.5) is 5.95 Å². The van der Waals surface area contributed by atoms with Crippen LogP contribution in [0.3, 0.4) is 0 Å². The second-order valence-corrected chi connectivity index (χ2v) is 6.53.